The van der Waals surface area contributed by atoms with E-state index in [9.17, 15) is 4.79 Å². The number of nitrogens with two attached hydrogens (primary N) is 1. The minimum atomic E-state index is 0.0774. The molecule has 1 aliphatic rings. The summed E-state index contributed by atoms with van der Waals surface area (Å²) in [7, 11) is 0. The predicted octanol–water partition coefficient (Wildman–Crippen LogP) is 0.340. The van der Waals surface area contributed by atoms with E-state index < -0.39 is 0 Å². The van der Waals surface area contributed by atoms with Crippen molar-refractivity contribution < 1.29 is 4.79 Å². The van der Waals surface area contributed by atoms with Crippen LogP contribution in [0.2, 0.25) is 0 Å². The van der Waals surface area contributed by atoms with Crippen molar-refractivity contribution in [1.29, 1.82) is 0 Å². The molecule has 86 valence electrons. The molecule has 4 heteroatoms. The van der Waals surface area contributed by atoms with E-state index >= 15 is 0 Å². The molecule has 4 nitrogen and oxygen atoms in total. The average molecular weight is 219 g/mol. The van der Waals surface area contributed by atoms with Crippen molar-refractivity contribution in [1.82, 2.24) is 5.32 Å². The third-order valence-electron chi connectivity index (χ3n) is 2.78. The molecule has 1 unspecified atom stereocenters. The molecule has 1 aliphatic heterocycles. The van der Waals surface area contributed by atoms with Crippen molar-refractivity contribution in [3.63, 3.8) is 0 Å². The smallest absolute Gasteiger partial charge is 0.239 e. The van der Waals surface area contributed by atoms with Gasteiger partial charge in [-0.3, -0.25) is 4.79 Å². The first kappa shape index (κ1) is 11.0. The predicted molar refractivity (Wildman–Crippen MR) is 64.3 cm³/mol. The second-order valence-electron chi connectivity index (χ2n) is 4.06. The molecule has 0 bridgehead atoms. The number of hydrogen-bond donors (Lipinski definition) is 2. The van der Waals surface area contributed by atoms with Gasteiger partial charge >= 0.3 is 0 Å². The lowest BCUT2D eigenvalue weighted by Crippen LogP contribution is -2.54. The molecule has 0 spiro atoms. The van der Waals surface area contributed by atoms with Gasteiger partial charge in [0.2, 0.25) is 5.91 Å². The first-order valence-electron chi connectivity index (χ1n) is 5.59. The number of piperazine rings is 1. The Morgan fingerprint density at radius 2 is 2.12 bits per heavy atom. The van der Waals surface area contributed by atoms with Gasteiger partial charge in [-0.05, 0) is 25.1 Å². The molecule has 3 N–H and O–H groups in total. The molecule has 1 heterocycles. The van der Waals surface area contributed by atoms with Crippen LogP contribution in [0, 0.1) is 0 Å². The number of carbonyl (C=O) groups excluding carboxylic acids is 1. The van der Waals surface area contributed by atoms with Crippen LogP contribution in [0.1, 0.15) is 6.42 Å². The van der Waals surface area contributed by atoms with E-state index in [0.29, 0.717) is 13.1 Å². The van der Waals surface area contributed by atoms with E-state index in [-0.39, 0.29) is 11.9 Å². The van der Waals surface area contributed by atoms with Crippen LogP contribution in [0.3, 0.4) is 0 Å². The van der Waals surface area contributed by atoms with E-state index in [1.54, 1.807) is 0 Å². The van der Waals surface area contributed by atoms with Gasteiger partial charge in [-0.15, -0.1) is 0 Å². The summed E-state index contributed by atoms with van der Waals surface area (Å²) in [6.45, 7) is 1.88. The zero-order chi connectivity index (χ0) is 11.4. The number of amides is 1. The molecule has 2 rings (SSSR count). The summed E-state index contributed by atoms with van der Waals surface area (Å²) in [5, 5.41) is 2.96. The average Bonchev–Trinajstić information content (AvgIpc) is 2.30. The molecule has 0 aromatic heterocycles. The maximum Gasteiger partial charge on any atom is 0.239 e. The lowest BCUT2D eigenvalue weighted by Gasteiger charge is -2.34. The highest BCUT2D eigenvalue weighted by molar-refractivity contribution is 5.83. The van der Waals surface area contributed by atoms with Gasteiger partial charge in [-0.2, -0.15) is 0 Å². The van der Waals surface area contributed by atoms with E-state index in [1.165, 1.54) is 0 Å². The highest BCUT2D eigenvalue weighted by atomic mass is 16.2. The van der Waals surface area contributed by atoms with Crippen LogP contribution in [0.25, 0.3) is 0 Å². The van der Waals surface area contributed by atoms with Gasteiger partial charge in [-0.1, -0.05) is 18.2 Å². The van der Waals surface area contributed by atoms with Crippen molar-refractivity contribution >= 4 is 11.6 Å². The molecule has 1 aromatic rings. The Morgan fingerprint density at radius 3 is 2.81 bits per heavy atom. The van der Waals surface area contributed by atoms with E-state index in [2.05, 4.69) is 10.2 Å². The number of nitrogens with one attached hydrogen (secondary N) is 1. The van der Waals surface area contributed by atoms with Crippen LogP contribution in [0.4, 0.5) is 5.69 Å². The monoisotopic (exact) mass is 219 g/mol. The maximum absolute atomic E-state index is 11.5. The Bertz CT molecular complexity index is 353. The third kappa shape index (κ3) is 2.52. The van der Waals surface area contributed by atoms with Crippen molar-refractivity contribution in [2.24, 2.45) is 5.73 Å². The number of rotatable bonds is 3. The first-order chi connectivity index (χ1) is 7.79. The second-order valence-corrected chi connectivity index (χ2v) is 4.06. The summed E-state index contributed by atoms with van der Waals surface area (Å²) >= 11 is 0. The molecule has 1 saturated heterocycles. The van der Waals surface area contributed by atoms with Crippen molar-refractivity contribution in [2.45, 2.75) is 12.5 Å². The van der Waals surface area contributed by atoms with Gasteiger partial charge in [0, 0.05) is 18.3 Å². The van der Waals surface area contributed by atoms with E-state index in [0.717, 1.165) is 18.7 Å². The van der Waals surface area contributed by atoms with Gasteiger partial charge in [0.25, 0.3) is 0 Å². The number of para-hydroxylation sites is 1. The Balaban J connectivity index is 2.07. The van der Waals surface area contributed by atoms with Gasteiger partial charge in [0.1, 0.15) is 0 Å². The van der Waals surface area contributed by atoms with E-state index in [1.807, 2.05) is 30.3 Å². The topological polar surface area (TPSA) is 58.4 Å². The number of carbonyl (C=O) groups is 1. The molecule has 0 radical (unpaired) electrons. The molecule has 1 fully saturated rings. The maximum atomic E-state index is 11.5. The largest absolute Gasteiger partial charge is 0.360 e. The summed E-state index contributed by atoms with van der Waals surface area (Å²) in [5.74, 6) is 0.0774. The zero-order valence-corrected chi connectivity index (χ0v) is 9.23. The second kappa shape index (κ2) is 4.99. The van der Waals surface area contributed by atoms with Crippen LogP contribution >= 0.6 is 0 Å². The van der Waals surface area contributed by atoms with Crippen LogP contribution < -0.4 is 16.0 Å². The number of benzene rings is 1. The zero-order valence-electron chi connectivity index (χ0n) is 9.23. The lowest BCUT2D eigenvalue weighted by atomic mass is 10.1. The minimum Gasteiger partial charge on any atom is -0.360 e. The molecule has 1 aromatic carbocycles. The van der Waals surface area contributed by atoms with Crippen molar-refractivity contribution in [3.05, 3.63) is 30.3 Å². The Labute approximate surface area is 95.4 Å². The highest BCUT2D eigenvalue weighted by Gasteiger charge is 2.23. The van der Waals surface area contributed by atoms with Gasteiger partial charge in [0.05, 0.1) is 6.54 Å². The first-order valence-corrected chi connectivity index (χ1v) is 5.59. The molecule has 1 amide bonds. The summed E-state index contributed by atoms with van der Waals surface area (Å²) in [4.78, 5) is 13.6. The van der Waals surface area contributed by atoms with Gasteiger partial charge < -0.3 is 16.0 Å². The van der Waals surface area contributed by atoms with Crippen molar-refractivity contribution in [2.75, 3.05) is 24.5 Å². The normalized spacial score (nSPS) is 20.7. The number of hydrogen-bond acceptors (Lipinski definition) is 3. The lowest BCUT2D eigenvalue weighted by molar-refractivity contribution is -0.121. The van der Waals surface area contributed by atoms with Crippen LogP contribution in [-0.2, 0) is 4.79 Å². The van der Waals surface area contributed by atoms with Gasteiger partial charge in [-0.25, -0.2) is 0 Å². The standard InChI is InChI=1S/C12H17N3O/c13-7-6-10-8-15(9-12(16)14-10)11-4-2-1-3-5-11/h1-5,10H,6-9,13H2,(H,14,16). The van der Waals surface area contributed by atoms with Crippen LogP contribution in [0.15, 0.2) is 30.3 Å². The SMILES string of the molecule is NCCC1CN(c2ccccc2)CC(=O)N1. The fourth-order valence-electron chi connectivity index (χ4n) is 2.02. The molecule has 1 atom stereocenters. The molecule has 16 heavy (non-hydrogen) atoms. The third-order valence-corrected chi connectivity index (χ3v) is 2.78. The quantitative estimate of drug-likeness (QED) is 0.770. The Hall–Kier alpha value is -1.55. The highest BCUT2D eigenvalue weighted by Crippen LogP contribution is 2.15. The number of nitrogens with zero attached hydrogens (tertiary/aromatic N) is 1. The fourth-order valence-corrected chi connectivity index (χ4v) is 2.02. The van der Waals surface area contributed by atoms with Gasteiger partial charge in [0.15, 0.2) is 0 Å². The molecular weight excluding hydrogens is 202 g/mol. The molecule has 0 aliphatic carbocycles. The molecule has 0 saturated carbocycles. The number of anilines is 1. The summed E-state index contributed by atoms with van der Waals surface area (Å²) < 4.78 is 0. The summed E-state index contributed by atoms with van der Waals surface area (Å²) in [5.41, 5.74) is 6.62. The Morgan fingerprint density at radius 1 is 1.38 bits per heavy atom. The fraction of sp³-hybridized carbons (Fsp3) is 0.417. The summed E-state index contributed by atoms with van der Waals surface area (Å²) in [6.07, 6.45) is 0.828. The van der Waals surface area contributed by atoms with Crippen molar-refractivity contribution in [3.8, 4) is 0 Å². The molecular formula is C12H17N3O. The minimum absolute atomic E-state index is 0.0774. The Kier molecular flexibility index (Phi) is 3.41. The van der Waals surface area contributed by atoms with Crippen LogP contribution in [-0.4, -0.2) is 31.6 Å². The summed E-state index contributed by atoms with van der Waals surface area (Å²) in [6, 6.07) is 10.2. The van der Waals surface area contributed by atoms with Crippen LogP contribution in [0.5, 0.6) is 0 Å². The van der Waals surface area contributed by atoms with E-state index in [4.69, 9.17) is 5.73 Å².